The van der Waals surface area contributed by atoms with Crippen LogP contribution in [-0.4, -0.2) is 46.0 Å². The number of carbonyl (C=O) groups excluding carboxylic acids is 4. The summed E-state index contributed by atoms with van der Waals surface area (Å²) in [5.74, 6) is -2.71. The van der Waals surface area contributed by atoms with Gasteiger partial charge in [-0.15, -0.1) is 0 Å². The molecule has 0 fully saturated rings. The van der Waals surface area contributed by atoms with Gasteiger partial charge in [0.25, 0.3) is 5.79 Å². The van der Waals surface area contributed by atoms with Gasteiger partial charge in [0, 0.05) is 12.5 Å². The molecule has 0 radical (unpaired) electrons. The third kappa shape index (κ3) is 5.07. The highest BCUT2D eigenvalue weighted by Crippen LogP contribution is 2.21. The van der Waals surface area contributed by atoms with E-state index in [9.17, 15) is 19.2 Å². The van der Waals surface area contributed by atoms with Crippen molar-refractivity contribution in [2.24, 2.45) is 15.0 Å². The average Bonchev–Trinajstić information content (AvgIpc) is 2.29. The van der Waals surface area contributed by atoms with Crippen LogP contribution in [0.15, 0.2) is 27.6 Å². The van der Waals surface area contributed by atoms with Crippen LogP contribution in [0.3, 0.4) is 0 Å². The number of aliphatic imine (C=N–C) groups is 3. The van der Waals surface area contributed by atoms with Gasteiger partial charge in [0.1, 0.15) is 0 Å². The van der Waals surface area contributed by atoms with Crippen LogP contribution in [0.5, 0.6) is 0 Å². The molecule has 0 aromatic rings. The molecule has 0 bridgehead atoms. The predicted octanol–water partition coefficient (Wildman–Crippen LogP) is -1.54. The van der Waals surface area contributed by atoms with E-state index in [1.54, 1.807) is 0 Å². The molecule has 0 amide bonds. The van der Waals surface area contributed by atoms with Crippen LogP contribution in [0, 0.1) is 0 Å². The lowest BCUT2D eigenvalue weighted by atomic mass is 10.2. The fraction of sp³-hybridized carbons (Fsp3) is 0.333. The van der Waals surface area contributed by atoms with Crippen LogP contribution in [0.2, 0.25) is 0 Å². The standard InChI is InChI=1S/C9H9N3O5Si/c1-2-7(16)17-8(18)3-9(10-4-13,11-5-14)12-6-15/h2,8H,1,3H2,18H3. The molecule has 0 aromatic carbocycles. The van der Waals surface area contributed by atoms with Crippen LogP contribution in [-0.2, 0) is 23.9 Å². The largest absolute Gasteiger partial charge is 0.464 e. The first-order valence-electron chi connectivity index (χ1n) is 4.63. The minimum atomic E-state index is -2.01. The van der Waals surface area contributed by atoms with Crippen molar-refractivity contribution in [3.05, 3.63) is 12.7 Å². The van der Waals surface area contributed by atoms with E-state index in [4.69, 9.17) is 4.74 Å². The third-order valence-electron chi connectivity index (χ3n) is 1.72. The topological polar surface area (TPSA) is 115 Å². The molecule has 0 rings (SSSR count). The highest BCUT2D eigenvalue weighted by atomic mass is 28.1. The normalized spacial score (nSPS) is 13.8. The van der Waals surface area contributed by atoms with Crippen molar-refractivity contribution in [2.45, 2.75) is 17.9 Å². The van der Waals surface area contributed by atoms with Gasteiger partial charge in [0.2, 0.25) is 18.2 Å². The molecule has 0 aliphatic rings. The van der Waals surface area contributed by atoms with Gasteiger partial charge in [-0.1, -0.05) is 6.58 Å². The maximum Gasteiger partial charge on any atom is 0.330 e. The minimum Gasteiger partial charge on any atom is -0.464 e. The van der Waals surface area contributed by atoms with E-state index in [0.717, 1.165) is 24.3 Å². The number of hydrogen-bond donors (Lipinski definition) is 0. The smallest absolute Gasteiger partial charge is 0.330 e. The monoisotopic (exact) mass is 267 g/mol. The first-order chi connectivity index (χ1) is 8.53. The van der Waals surface area contributed by atoms with Gasteiger partial charge in [-0.2, -0.15) is 15.0 Å². The Morgan fingerprint density at radius 3 is 2.06 bits per heavy atom. The van der Waals surface area contributed by atoms with E-state index in [1.807, 2.05) is 0 Å². The lowest BCUT2D eigenvalue weighted by molar-refractivity contribution is -0.140. The first kappa shape index (κ1) is 15.6. The SMILES string of the molecule is C=CC(=O)OC([SiH3])CC(N=C=O)(N=C=O)N=C=O. The molecular weight excluding hydrogens is 258 g/mol. The molecule has 0 heterocycles. The van der Waals surface area contributed by atoms with Crippen LogP contribution in [0.25, 0.3) is 0 Å². The summed E-state index contributed by atoms with van der Waals surface area (Å²) in [6.07, 6.45) is 4.10. The number of ether oxygens (including phenoxy) is 1. The fourth-order valence-corrected chi connectivity index (χ4v) is 1.88. The summed E-state index contributed by atoms with van der Waals surface area (Å²) in [6.45, 7) is 3.20. The summed E-state index contributed by atoms with van der Waals surface area (Å²) in [5.41, 5.74) is -0.693. The summed E-state index contributed by atoms with van der Waals surface area (Å²) >= 11 is 0. The van der Waals surface area contributed by atoms with Gasteiger partial charge in [-0.05, 0) is 0 Å². The Labute approximate surface area is 105 Å². The summed E-state index contributed by atoms with van der Waals surface area (Å²) in [4.78, 5) is 51.1. The van der Waals surface area contributed by atoms with Crippen molar-refractivity contribution in [2.75, 3.05) is 0 Å². The number of nitrogens with zero attached hydrogens (tertiary/aromatic N) is 3. The van der Waals surface area contributed by atoms with Crippen molar-refractivity contribution >= 4 is 34.5 Å². The Morgan fingerprint density at radius 2 is 1.72 bits per heavy atom. The summed E-state index contributed by atoms with van der Waals surface area (Å²) < 4.78 is 4.83. The van der Waals surface area contributed by atoms with Crippen molar-refractivity contribution < 1.29 is 23.9 Å². The van der Waals surface area contributed by atoms with E-state index in [2.05, 4.69) is 21.6 Å². The van der Waals surface area contributed by atoms with E-state index < -0.39 is 17.5 Å². The number of carbonyl (C=O) groups is 1. The third-order valence-corrected chi connectivity index (χ3v) is 2.36. The number of esters is 1. The zero-order chi connectivity index (χ0) is 14.0. The molecule has 0 aliphatic carbocycles. The van der Waals surface area contributed by atoms with Gasteiger partial charge in [-0.3, -0.25) is 0 Å². The second-order valence-electron chi connectivity index (χ2n) is 3.04. The molecule has 0 spiro atoms. The van der Waals surface area contributed by atoms with Gasteiger partial charge >= 0.3 is 5.97 Å². The zero-order valence-corrected chi connectivity index (χ0v) is 11.5. The van der Waals surface area contributed by atoms with Crippen molar-refractivity contribution in [1.29, 1.82) is 0 Å². The Bertz CT molecular complexity index is 427. The molecule has 0 N–H and O–H groups in total. The first-order valence-corrected chi connectivity index (χ1v) is 5.79. The van der Waals surface area contributed by atoms with E-state index >= 15 is 0 Å². The zero-order valence-electron chi connectivity index (χ0n) is 9.45. The molecule has 0 saturated heterocycles. The van der Waals surface area contributed by atoms with Crippen molar-refractivity contribution in [3.63, 3.8) is 0 Å². The molecule has 1 unspecified atom stereocenters. The van der Waals surface area contributed by atoms with Gasteiger partial charge in [0.15, 0.2) is 0 Å². The Kier molecular flexibility index (Phi) is 6.73. The lowest BCUT2D eigenvalue weighted by Gasteiger charge is -2.19. The average molecular weight is 267 g/mol. The quantitative estimate of drug-likeness (QED) is 0.182. The molecule has 0 aromatic heterocycles. The number of rotatable bonds is 7. The molecule has 1 atom stereocenters. The molecule has 8 nitrogen and oxygen atoms in total. The van der Waals surface area contributed by atoms with Gasteiger partial charge in [-0.25, -0.2) is 19.2 Å². The van der Waals surface area contributed by atoms with E-state index in [-0.39, 0.29) is 6.42 Å². The Hall–Kier alpha value is -2.43. The minimum absolute atomic E-state index is 0.251. The second kappa shape index (κ2) is 7.78. The predicted molar refractivity (Wildman–Crippen MR) is 61.7 cm³/mol. The maximum atomic E-state index is 10.9. The van der Waals surface area contributed by atoms with Gasteiger partial charge in [0.05, 0.1) is 16.0 Å². The molecular formula is C9H9N3O5Si. The fourth-order valence-electron chi connectivity index (χ4n) is 1.10. The second-order valence-corrected chi connectivity index (χ2v) is 4.33. The summed E-state index contributed by atoms with van der Waals surface area (Å²) in [5, 5.41) is 0. The molecule has 0 saturated carbocycles. The van der Waals surface area contributed by atoms with Crippen LogP contribution in [0.4, 0.5) is 0 Å². The van der Waals surface area contributed by atoms with E-state index in [1.165, 1.54) is 0 Å². The highest BCUT2D eigenvalue weighted by Gasteiger charge is 2.32. The van der Waals surface area contributed by atoms with Crippen LogP contribution >= 0.6 is 0 Å². The number of hydrogen-bond acceptors (Lipinski definition) is 8. The Morgan fingerprint density at radius 1 is 1.28 bits per heavy atom. The molecule has 9 heteroatoms. The summed E-state index contributed by atoms with van der Waals surface area (Å²) in [6, 6.07) is 0. The lowest BCUT2D eigenvalue weighted by Crippen LogP contribution is -2.30. The molecule has 0 aliphatic heterocycles. The number of isocyanates is 3. The highest BCUT2D eigenvalue weighted by molar-refractivity contribution is 6.12. The van der Waals surface area contributed by atoms with Crippen LogP contribution < -0.4 is 0 Å². The van der Waals surface area contributed by atoms with Crippen molar-refractivity contribution in [1.82, 2.24) is 0 Å². The van der Waals surface area contributed by atoms with E-state index in [0.29, 0.717) is 10.2 Å². The molecule has 94 valence electrons. The van der Waals surface area contributed by atoms with Gasteiger partial charge < -0.3 is 4.74 Å². The summed E-state index contributed by atoms with van der Waals surface area (Å²) in [7, 11) is 0.333. The molecule has 18 heavy (non-hydrogen) atoms. The van der Waals surface area contributed by atoms with Crippen LogP contribution in [0.1, 0.15) is 6.42 Å². The Balaban J connectivity index is 5.15. The maximum absolute atomic E-state index is 10.9. The van der Waals surface area contributed by atoms with Crippen molar-refractivity contribution in [3.8, 4) is 0 Å².